The second kappa shape index (κ2) is 13.4. The van der Waals surface area contributed by atoms with Crippen LogP contribution in [0.4, 0.5) is 5.69 Å². The summed E-state index contributed by atoms with van der Waals surface area (Å²) in [6.07, 6.45) is 11.5. The highest BCUT2D eigenvalue weighted by Crippen LogP contribution is 2.36. The largest absolute Gasteiger partial charge is 0.474 e. The second-order valence-electron chi connectivity index (χ2n) is 13.3. The average molecular weight is 690 g/mol. The summed E-state index contributed by atoms with van der Waals surface area (Å²) in [5.41, 5.74) is 6.58. The lowest BCUT2D eigenvalue weighted by Gasteiger charge is -2.29. The van der Waals surface area contributed by atoms with Gasteiger partial charge in [-0.15, -0.1) is 11.8 Å². The van der Waals surface area contributed by atoms with E-state index in [-0.39, 0.29) is 17.9 Å². The van der Waals surface area contributed by atoms with E-state index in [4.69, 9.17) is 4.74 Å². The SMILES string of the molecule is CS[C@@]1(C(=O)Nc2ccc3[nH]nc(-c4ccc(OC5CC5)nc4)c3c2)CCN(CC(=O)N2CC=C(c3ccc(-c4ncn(C)n4)cc3)CC2)C1. The van der Waals surface area contributed by atoms with Crippen molar-refractivity contribution in [1.29, 1.82) is 0 Å². The van der Waals surface area contributed by atoms with Crippen molar-refractivity contribution in [2.24, 2.45) is 7.05 Å². The average Bonchev–Trinajstić information content (AvgIpc) is 3.47. The van der Waals surface area contributed by atoms with Crippen molar-refractivity contribution in [2.75, 3.05) is 44.3 Å². The molecule has 3 aromatic heterocycles. The Morgan fingerprint density at radius 3 is 2.56 bits per heavy atom. The fraction of sp³-hybridized carbons (Fsp3) is 0.351. The number of amides is 2. The van der Waals surface area contributed by atoms with Crippen LogP contribution in [0.3, 0.4) is 0 Å². The number of H-pyrrole nitrogens is 1. The van der Waals surface area contributed by atoms with Gasteiger partial charge in [-0.2, -0.15) is 10.2 Å². The number of aromatic amines is 1. The molecule has 0 radical (unpaired) electrons. The molecule has 50 heavy (non-hydrogen) atoms. The van der Waals surface area contributed by atoms with Crippen molar-refractivity contribution in [2.45, 2.75) is 36.5 Å². The van der Waals surface area contributed by atoms with E-state index in [1.165, 1.54) is 5.57 Å². The van der Waals surface area contributed by atoms with Gasteiger partial charge in [0.25, 0.3) is 0 Å². The van der Waals surface area contributed by atoms with Gasteiger partial charge < -0.3 is 15.0 Å². The number of pyridine rings is 1. The molecule has 256 valence electrons. The summed E-state index contributed by atoms with van der Waals surface area (Å²) < 4.78 is 6.83. The van der Waals surface area contributed by atoms with Gasteiger partial charge in [0.1, 0.15) is 22.9 Å². The van der Waals surface area contributed by atoms with E-state index in [1.807, 2.05) is 60.7 Å². The molecule has 12 nitrogen and oxygen atoms in total. The number of fused-ring (bicyclic) bond motifs is 1. The minimum Gasteiger partial charge on any atom is -0.474 e. The number of thioether (sulfide) groups is 1. The van der Waals surface area contributed by atoms with E-state index < -0.39 is 4.75 Å². The number of nitrogens with one attached hydrogen (secondary N) is 2. The van der Waals surface area contributed by atoms with Crippen LogP contribution in [0, 0.1) is 0 Å². The van der Waals surface area contributed by atoms with Crippen LogP contribution in [-0.2, 0) is 16.6 Å². The topological polar surface area (TPSA) is 134 Å². The zero-order chi connectivity index (χ0) is 34.2. The fourth-order valence-corrected chi connectivity index (χ4v) is 7.54. The summed E-state index contributed by atoms with van der Waals surface area (Å²) in [5, 5.41) is 16.1. The maximum Gasteiger partial charge on any atom is 0.241 e. The van der Waals surface area contributed by atoms with Crippen molar-refractivity contribution in [3.05, 3.63) is 78.8 Å². The van der Waals surface area contributed by atoms with E-state index >= 15 is 0 Å². The molecule has 8 rings (SSSR count). The monoisotopic (exact) mass is 689 g/mol. The number of hydrogen-bond acceptors (Lipinski definition) is 9. The van der Waals surface area contributed by atoms with E-state index in [0.717, 1.165) is 52.5 Å². The van der Waals surface area contributed by atoms with E-state index in [1.54, 1.807) is 29.0 Å². The number of aryl methyl sites for hydroxylation is 1. The number of rotatable bonds is 10. The van der Waals surface area contributed by atoms with Gasteiger partial charge in [0.05, 0.1) is 12.1 Å². The van der Waals surface area contributed by atoms with Crippen LogP contribution in [0.5, 0.6) is 5.88 Å². The van der Waals surface area contributed by atoms with Crippen LogP contribution in [-0.4, -0.2) is 101 Å². The molecule has 1 aliphatic carbocycles. The Hall–Kier alpha value is -5.01. The number of likely N-dealkylation sites (tertiary alicyclic amines) is 1. The molecule has 1 saturated heterocycles. The van der Waals surface area contributed by atoms with Gasteiger partial charge in [-0.25, -0.2) is 9.97 Å². The molecule has 5 aromatic rings. The van der Waals surface area contributed by atoms with E-state index in [9.17, 15) is 9.59 Å². The molecule has 3 aliphatic rings. The summed E-state index contributed by atoms with van der Waals surface area (Å²) in [6.45, 7) is 2.74. The summed E-state index contributed by atoms with van der Waals surface area (Å²) in [7, 11) is 1.86. The number of aromatic nitrogens is 6. The normalized spacial score (nSPS) is 19.5. The number of nitrogens with zero attached hydrogens (tertiary/aromatic N) is 7. The molecule has 2 N–H and O–H groups in total. The molecule has 1 saturated carbocycles. The Balaban J connectivity index is 0.874. The van der Waals surface area contributed by atoms with Crippen LogP contribution >= 0.6 is 11.8 Å². The van der Waals surface area contributed by atoms with E-state index in [0.29, 0.717) is 56.5 Å². The molecule has 2 amide bonds. The van der Waals surface area contributed by atoms with Crippen molar-refractivity contribution >= 4 is 45.7 Å². The predicted octanol–water partition coefficient (Wildman–Crippen LogP) is 5.02. The molecular formula is C37H39N9O3S. The maximum absolute atomic E-state index is 13.8. The van der Waals surface area contributed by atoms with Gasteiger partial charge in [-0.05, 0) is 67.3 Å². The third-order valence-corrected chi connectivity index (χ3v) is 11.1. The van der Waals surface area contributed by atoms with Crippen molar-refractivity contribution in [1.82, 2.24) is 39.7 Å². The molecule has 0 bridgehead atoms. The molecule has 0 spiro atoms. The number of carbonyl (C=O) groups excluding carboxylic acids is 2. The highest BCUT2D eigenvalue weighted by Gasteiger charge is 2.44. The minimum absolute atomic E-state index is 0.0528. The summed E-state index contributed by atoms with van der Waals surface area (Å²) >= 11 is 1.55. The summed E-state index contributed by atoms with van der Waals surface area (Å²) in [4.78, 5) is 40.0. The summed E-state index contributed by atoms with van der Waals surface area (Å²) in [6, 6.07) is 17.9. The number of anilines is 1. The number of hydrogen-bond donors (Lipinski definition) is 2. The third-order valence-electron chi connectivity index (χ3n) is 9.79. The molecule has 2 fully saturated rings. The van der Waals surface area contributed by atoms with Crippen molar-refractivity contribution < 1.29 is 14.3 Å². The van der Waals surface area contributed by atoms with Crippen molar-refractivity contribution in [3.63, 3.8) is 0 Å². The lowest BCUT2D eigenvalue weighted by Crippen LogP contribution is -2.45. The Morgan fingerprint density at radius 2 is 1.86 bits per heavy atom. The first-order valence-corrected chi connectivity index (χ1v) is 18.2. The first kappa shape index (κ1) is 32.2. The summed E-state index contributed by atoms with van der Waals surface area (Å²) in [5.74, 6) is 1.37. The van der Waals surface area contributed by atoms with Crippen LogP contribution in [0.1, 0.15) is 31.2 Å². The molecular weight excluding hydrogens is 651 g/mol. The van der Waals surface area contributed by atoms with Gasteiger partial charge in [0, 0.05) is 67.7 Å². The van der Waals surface area contributed by atoms with Gasteiger partial charge in [-0.3, -0.25) is 24.3 Å². The number of carbonyl (C=O) groups is 2. The number of ether oxygens (including phenoxy) is 1. The smallest absolute Gasteiger partial charge is 0.241 e. The lowest BCUT2D eigenvalue weighted by molar-refractivity contribution is -0.132. The number of benzene rings is 2. The molecule has 0 unspecified atom stereocenters. The fourth-order valence-electron chi connectivity index (χ4n) is 6.70. The maximum atomic E-state index is 13.8. The molecule has 5 heterocycles. The quantitative estimate of drug-likeness (QED) is 0.207. The molecule has 2 aliphatic heterocycles. The zero-order valence-electron chi connectivity index (χ0n) is 28.1. The Labute approximate surface area is 294 Å². The minimum atomic E-state index is -0.651. The zero-order valence-corrected chi connectivity index (χ0v) is 28.9. The third kappa shape index (κ3) is 6.62. The first-order valence-electron chi connectivity index (χ1n) is 17.0. The first-order chi connectivity index (χ1) is 24.4. The highest BCUT2D eigenvalue weighted by molar-refractivity contribution is 8.00. The van der Waals surface area contributed by atoms with Crippen LogP contribution in [0.2, 0.25) is 0 Å². The van der Waals surface area contributed by atoms with Gasteiger partial charge in [-0.1, -0.05) is 30.3 Å². The highest BCUT2D eigenvalue weighted by atomic mass is 32.2. The van der Waals surface area contributed by atoms with Gasteiger partial charge in [0.2, 0.25) is 17.7 Å². The van der Waals surface area contributed by atoms with Crippen LogP contribution < -0.4 is 10.1 Å². The molecule has 13 heteroatoms. The standard InChI is InChI=1S/C37H39N9O3S/c1-44-23-39-35(43-44)26-5-3-24(4-6-26)25-13-16-46(17-14-25)33(47)21-45-18-15-37(22-45,50-2)36(48)40-28-8-11-31-30(19-28)34(42-41-31)27-7-12-32(38-20-27)49-29-9-10-29/h3-8,11-13,19-20,23,29H,9-10,14-18,21-22H2,1-2H3,(H,40,48)(H,41,42)/t37-/m0/s1. The van der Waals surface area contributed by atoms with Crippen LogP contribution in [0.25, 0.3) is 39.1 Å². The van der Waals surface area contributed by atoms with Crippen molar-refractivity contribution in [3.8, 4) is 28.5 Å². The Morgan fingerprint density at radius 1 is 1.04 bits per heavy atom. The van der Waals surface area contributed by atoms with Gasteiger partial charge >= 0.3 is 0 Å². The molecule has 1 atom stereocenters. The Kier molecular flexibility index (Phi) is 8.61. The Bertz CT molecular complexity index is 2070. The van der Waals surface area contributed by atoms with Gasteiger partial charge in [0.15, 0.2) is 5.82 Å². The van der Waals surface area contributed by atoms with Crippen LogP contribution in [0.15, 0.2) is 73.2 Å². The van der Waals surface area contributed by atoms with E-state index in [2.05, 4.69) is 53.7 Å². The lowest BCUT2D eigenvalue weighted by atomic mass is 9.98. The predicted molar refractivity (Wildman–Crippen MR) is 195 cm³/mol. The second-order valence-corrected chi connectivity index (χ2v) is 14.5. The molecule has 2 aromatic carbocycles.